The summed E-state index contributed by atoms with van der Waals surface area (Å²) in [6.45, 7) is 2.10. The van der Waals surface area contributed by atoms with Crippen LogP contribution in [0.3, 0.4) is 0 Å². The lowest BCUT2D eigenvalue weighted by atomic mass is 10.0. The van der Waals surface area contributed by atoms with E-state index >= 15 is 0 Å². The molecule has 4 rings (SSSR count). The summed E-state index contributed by atoms with van der Waals surface area (Å²) in [7, 11) is 0. The van der Waals surface area contributed by atoms with Crippen molar-refractivity contribution in [1.29, 1.82) is 0 Å². The summed E-state index contributed by atoms with van der Waals surface area (Å²) < 4.78 is 3.03. The Morgan fingerprint density at radius 2 is 2.18 bits per heavy atom. The molecule has 0 unspecified atom stereocenters. The lowest BCUT2D eigenvalue weighted by Crippen LogP contribution is -2.19. The number of fused-ring (bicyclic) bond motifs is 1. The van der Waals surface area contributed by atoms with Gasteiger partial charge >= 0.3 is 0 Å². The van der Waals surface area contributed by atoms with Gasteiger partial charge in [0.25, 0.3) is 0 Å². The van der Waals surface area contributed by atoms with Crippen molar-refractivity contribution in [3.05, 3.63) is 68.6 Å². The maximum Gasteiger partial charge on any atom is 0.226 e. The van der Waals surface area contributed by atoms with Gasteiger partial charge in [0.1, 0.15) is 12.4 Å². The van der Waals surface area contributed by atoms with Crippen molar-refractivity contribution >= 4 is 38.9 Å². The van der Waals surface area contributed by atoms with Crippen molar-refractivity contribution in [1.82, 2.24) is 14.8 Å². The molecule has 0 amide bonds. The number of thiophene rings is 1. The molecule has 1 aliphatic rings. The van der Waals surface area contributed by atoms with Gasteiger partial charge in [-0.2, -0.15) is 10.1 Å². The van der Waals surface area contributed by atoms with E-state index in [-0.39, 0.29) is 6.04 Å². The van der Waals surface area contributed by atoms with Gasteiger partial charge in [-0.05, 0) is 46.6 Å². The van der Waals surface area contributed by atoms with Crippen molar-refractivity contribution in [3.63, 3.8) is 0 Å². The summed E-state index contributed by atoms with van der Waals surface area (Å²) in [5.41, 5.74) is 3.52. The number of anilines is 1. The zero-order valence-electron chi connectivity index (χ0n) is 11.8. The van der Waals surface area contributed by atoms with Gasteiger partial charge in [-0.25, -0.2) is 4.68 Å². The first-order valence-electron chi connectivity index (χ1n) is 6.91. The van der Waals surface area contributed by atoms with Crippen LogP contribution in [-0.2, 0) is 0 Å². The minimum atomic E-state index is 0.0505. The number of hydrogen-bond donors (Lipinski definition) is 1. The third kappa shape index (κ3) is 2.38. The normalized spacial score (nSPS) is 16.8. The molecule has 3 aromatic rings. The van der Waals surface area contributed by atoms with E-state index in [4.69, 9.17) is 0 Å². The van der Waals surface area contributed by atoms with Crippen molar-refractivity contribution in [2.24, 2.45) is 0 Å². The molecule has 0 radical (unpaired) electrons. The molecular formula is C16H13BrN4S. The summed E-state index contributed by atoms with van der Waals surface area (Å²) >= 11 is 5.22. The maximum atomic E-state index is 4.37. The highest BCUT2D eigenvalue weighted by Gasteiger charge is 2.23. The fraction of sp³-hybridized carbons (Fsp3) is 0.125. The molecule has 3 heterocycles. The summed E-state index contributed by atoms with van der Waals surface area (Å²) in [5.74, 6) is 0.772. The number of benzene rings is 1. The highest BCUT2D eigenvalue weighted by atomic mass is 79.9. The molecule has 1 aromatic carbocycles. The van der Waals surface area contributed by atoms with Crippen LogP contribution in [-0.4, -0.2) is 14.8 Å². The van der Waals surface area contributed by atoms with Crippen LogP contribution in [0.15, 0.2) is 52.6 Å². The van der Waals surface area contributed by atoms with E-state index in [0.717, 1.165) is 15.4 Å². The van der Waals surface area contributed by atoms with E-state index in [1.165, 1.54) is 16.0 Å². The van der Waals surface area contributed by atoms with E-state index in [2.05, 4.69) is 80.7 Å². The Labute approximate surface area is 140 Å². The summed E-state index contributed by atoms with van der Waals surface area (Å²) in [6.07, 6.45) is 3.79. The molecule has 0 saturated carbocycles. The smallest absolute Gasteiger partial charge is 0.226 e. The molecule has 0 spiro atoms. The quantitative estimate of drug-likeness (QED) is 0.721. The SMILES string of the molecule is Cc1cccc([C@H]2C=C(c3ccc(Br)s3)Nc3ncnn32)c1. The molecule has 4 nitrogen and oxygen atoms in total. The van der Waals surface area contributed by atoms with Crippen LogP contribution in [0.5, 0.6) is 0 Å². The Balaban J connectivity index is 1.83. The number of rotatable bonds is 2. The van der Waals surface area contributed by atoms with E-state index in [0.29, 0.717) is 0 Å². The van der Waals surface area contributed by atoms with Crippen molar-refractivity contribution < 1.29 is 0 Å². The van der Waals surface area contributed by atoms with Crippen LogP contribution in [0.25, 0.3) is 5.70 Å². The van der Waals surface area contributed by atoms with Gasteiger partial charge in [-0.3, -0.25) is 0 Å². The van der Waals surface area contributed by atoms with Crippen LogP contribution in [0.4, 0.5) is 5.95 Å². The molecule has 1 N–H and O–H groups in total. The molecule has 0 saturated heterocycles. The molecule has 0 fully saturated rings. The second kappa shape index (κ2) is 5.37. The number of aryl methyl sites for hydroxylation is 1. The van der Waals surface area contributed by atoms with E-state index in [1.54, 1.807) is 17.7 Å². The van der Waals surface area contributed by atoms with E-state index < -0.39 is 0 Å². The summed E-state index contributed by atoms with van der Waals surface area (Å²) in [6, 6.07) is 12.7. The van der Waals surface area contributed by atoms with Crippen molar-refractivity contribution in [2.75, 3.05) is 5.32 Å². The Morgan fingerprint density at radius 3 is 2.95 bits per heavy atom. The molecular weight excluding hydrogens is 360 g/mol. The second-order valence-electron chi connectivity index (χ2n) is 5.20. The zero-order valence-corrected chi connectivity index (χ0v) is 14.2. The number of allylic oxidation sites excluding steroid dienone is 1. The average Bonchev–Trinajstić information content (AvgIpc) is 3.14. The van der Waals surface area contributed by atoms with E-state index in [9.17, 15) is 0 Å². The van der Waals surface area contributed by atoms with Gasteiger partial charge in [0.15, 0.2) is 0 Å². The second-order valence-corrected chi connectivity index (χ2v) is 7.66. The molecule has 110 valence electrons. The molecule has 1 aliphatic heterocycles. The summed E-state index contributed by atoms with van der Waals surface area (Å²) in [4.78, 5) is 5.51. The van der Waals surface area contributed by atoms with Crippen molar-refractivity contribution in [2.45, 2.75) is 13.0 Å². The number of hydrogen-bond acceptors (Lipinski definition) is 4. The van der Waals surface area contributed by atoms with Gasteiger partial charge in [0, 0.05) is 0 Å². The first kappa shape index (κ1) is 13.7. The number of halogens is 1. The molecule has 0 aliphatic carbocycles. The van der Waals surface area contributed by atoms with Crippen LogP contribution in [0, 0.1) is 6.92 Å². The van der Waals surface area contributed by atoms with Crippen LogP contribution >= 0.6 is 27.3 Å². The average molecular weight is 373 g/mol. The number of aromatic nitrogens is 3. The highest BCUT2D eigenvalue weighted by Crippen LogP contribution is 2.35. The first-order valence-corrected chi connectivity index (χ1v) is 8.52. The van der Waals surface area contributed by atoms with Gasteiger partial charge in [0.2, 0.25) is 5.95 Å². The Hall–Kier alpha value is -1.92. The Kier molecular flexibility index (Phi) is 3.35. The van der Waals surface area contributed by atoms with E-state index in [1.807, 2.05) is 4.68 Å². The molecule has 1 atom stereocenters. The number of nitrogens with one attached hydrogen (secondary N) is 1. The van der Waals surface area contributed by atoms with Crippen LogP contribution < -0.4 is 5.32 Å². The largest absolute Gasteiger partial charge is 0.323 e. The zero-order chi connectivity index (χ0) is 15.1. The lowest BCUT2D eigenvalue weighted by Gasteiger charge is -2.24. The standard InChI is InChI=1S/C16H13BrN4S/c1-10-3-2-4-11(7-10)13-8-12(14-5-6-15(17)22-14)20-16-18-9-19-21(13)16/h2-9,13H,1H3,(H,18,19,20)/t13-/m1/s1. The topological polar surface area (TPSA) is 42.7 Å². The minimum absolute atomic E-state index is 0.0505. The molecule has 0 bridgehead atoms. The van der Waals surface area contributed by atoms with Gasteiger partial charge in [-0.1, -0.05) is 29.8 Å². The fourth-order valence-electron chi connectivity index (χ4n) is 2.63. The van der Waals surface area contributed by atoms with Crippen molar-refractivity contribution in [3.8, 4) is 0 Å². The Morgan fingerprint density at radius 1 is 1.27 bits per heavy atom. The van der Waals surface area contributed by atoms with Gasteiger partial charge in [-0.15, -0.1) is 11.3 Å². The molecule has 2 aromatic heterocycles. The Bertz CT molecular complexity index is 864. The predicted molar refractivity (Wildman–Crippen MR) is 93.0 cm³/mol. The minimum Gasteiger partial charge on any atom is -0.323 e. The van der Waals surface area contributed by atoms with Gasteiger partial charge in [0.05, 0.1) is 14.4 Å². The lowest BCUT2D eigenvalue weighted by molar-refractivity contribution is 0.611. The molecule has 6 heteroatoms. The monoisotopic (exact) mass is 372 g/mol. The third-order valence-corrected chi connectivity index (χ3v) is 5.29. The highest BCUT2D eigenvalue weighted by molar-refractivity contribution is 9.11. The fourth-order valence-corrected chi connectivity index (χ4v) is 3.99. The van der Waals surface area contributed by atoms with Gasteiger partial charge < -0.3 is 5.32 Å². The number of nitrogens with zero attached hydrogens (tertiary/aromatic N) is 3. The summed E-state index contributed by atoms with van der Waals surface area (Å²) in [5, 5.41) is 7.73. The van der Waals surface area contributed by atoms with Crippen LogP contribution in [0.1, 0.15) is 22.0 Å². The molecule has 22 heavy (non-hydrogen) atoms. The van der Waals surface area contributed by atoms with Crippen LogP contribution in [0.2, 0.25) is 0 Å². The maximum absolute atomic E-state index is 4.37. The first-order chi connectivity index (χ1) is 10.7. The predicted octanol–water partition coefficient (Wildman–Crippen LogP) is 4.47. The third-order valence-electron chi connectivity index (χ3n) is 3.63.